The van der Waals surface area contributed by atoms with Crippen LogP contribution in [0.25, 0.3) is 0 Å². The van der Waals surface area contributed by atoms with Gasteiger partial charge in [0.1, 0.15) is 5.75 Å². The number of nitrogens with one attached hydrogen (secondary N) is 1. The highest BCUT2D eigenvalue weighted by Crippen LogP contribution is 2.33. The number of ether oxygens (including phenoxy) is 1. The van der Waals surface area contributed by atoms with E-state index in [1.54, 1.807) is 7.11 Å². The van der Waals surface area contributed by atoms with Crippen molar-refractivity contribution in [2.45, 2.75) is 19.4 Å². The first-order valence-electron chi connectivity index (χ1n) is 7.14. The lowest BCUT2D eigenvalue weighted by atomic mass is 10.1. The van der Waals surface area contributed by atoms with Crippen LogP contribution in [0.5, 0.6) is 5.75 Å². The van der Waals surface area contributed by atoms with Gasteiger partial charge in [-0.2, -0.15) is 0 Å². The lowest BCUT2D eigenvalue weighted by Crippen LogP contribution is -2.41. The summed E-state index contributed by atoms with van der Waals surface area (Å²) in [4.78, 5) is 14.1. The molecule has 2 atom stereocenters. The van der Waals surface area contributed by atoms with Crippen LogP contribution in [0.15, 0.2) is 18.2 Å². The normalized spacial score (nSPS) is 17.7. The number of halogens is 3. The van der Waals surface area contributed by atoms with E-state index in [0.717, 1.165) is 30.9 Å². The maximum atomic E-state index is 11.9. The van der Waals surface area contributed by atoms with E-state index in [4.69, 9.17) is 22.1 Å². The highest BCUT2D eigenvalue weighted by atomic mass is 35.5. The van der Waals surface area contributed by atoms with Gasteiger partial charge in [0.2, 0.25) is 5.91 Å². The van der Waals surface area contributed by atoms with E-state index < -0.39 is 0 Å². The topological polar surface area (TPSA) is 67.6 Å². The lowest BCUT2D eigenvalue weighted by Gasteiger charge is -2.22. The Morgan fingerprint density at radius 3 is 2.83 bits per heavy atom. The molecule has 0 aliphatic carbocycles. The standard InChI is InChI=1S/C15H22ClN3O2.2ClH/c1-10(8-17)15(20)18-12-5-6-19(9-12)13-7-11(16)3-4-14(13)21-2;;/h3-4,7,10,12H,5-6,8-9,17H2,1-2H3,(H,18,20);2*1H. The first kappa shape index (κ1) is 22.1. The molecule has 0 aromatic heterocycles. The number of hydrogen-bond donors (Lipinski definition) is 2. The van der Waals surface area contributed by atoms with Gasteiger partial charge in [-0.15, -0.1) is 24.8 Å². The van der Waals surface area contributed by atoms with Gasteiger partial charge < -0.3 is 20.7 Å². The van der Waals surface area contributed by atoms with E-state index in [1.807, 2.05) is 25.1 Å². The van der Waals surface area contributed by atoms with E-state index in [-0.39, 0.29) is 42.7 Å². The molecule has 1 fully saturated rings. The third-order valence-corrected chi connectivity index (χ3v) is 4.05. The van der Waals surface area contributed by atoms with Crippen molar-refractivity contribution < 1.29 is 9.53 Å². The SMILES string of the molecule is COc1ccc(Cl)cc1N1CCC(NC(=O)C(C)CN)C1.Cl.Cl. The number of nitrogens with two attached hydrogens (primary N) is 1. The van der Waals surface area contributed by atoms with E-state index in [9.17, 15) is 4.79 Å². The van der Waals surface area contributed by atoms with Crippen molar-refractivity contribution in [2.75, 3.05) is 31.6 Å². The summed E-state index contributed by atoms with van der Waals surface area (Å²) in [5.41, 5.74) is 6.48. The van der Waals surface area contributed by atoms with Gasteiger partial charge in [-0.05, 0) is 24.6 Å². The molecule has 1 aromatic rings. The summed E-state index contributed by atoms with van der Waals surface area (Å²) in [6.07, 6.45) is 0.901. The molecule has 1 aliphatic heterocycles. The lowest BCUT2D eigenvalue weighted by molar-refractivity contribution is -0.124. The number of carbonyl (C=O) groups is 1. The van der Waals surface area contributed by atoms with Crippen molar-refractivity contribution in [3.8, 4) is 5.75 Å². The van der Waals surface area contributed by atoms with Crippen molar-refractivity contribution in [1.82, 2.24) is 5.32 Å². The zero-order chi connectivity index (χ0) is 15.4. The highest BCUT2D eigenvalue weighted by molar-refractivity contribution is 6.30. The van der Waals surface area contributed by atoms with Gasteiger partial charge in [0.15, 0.2) is 0 Å². The molecule has 8 heteroatoms. The Kier molecular flexibility index (Phi) is 9.70. The van der Waals surface area contributed by atoms with Gasteiger partial charge in [0.25, 0.3) is 0 Å². The number of nitrogens with zero attached hydrogens (tertiary/aromatic N) is 1. The number of methoxy groups -OCH3 is 1. The third-order valence-electron chi connectivity index (χ3n) is 3.82. The third kappa shape index (κ3) is 5.60. The summed E-state index contributed by atoms with van der Waals surface area (Å²) >= 11 is 6.07. The summed E-state index contributed by atoms with van der Waals surface area (Å²) in [6, 6.07) is 5.70. The van der Waals surface area contributed by atoms with Crippen molar-refractivity contribution in [3.63, 3.8) is 0 Å². The smallest absolute Gasteiger partial charge is 0.224 e. The summed E-state index contributed by atoms with van der Waals surface area (Å²) in [7, 11) is 1.64. The number of benzene rings is 1. The molecule has 1 amide bonds. The number of amides is 1. The second kappa shape index (κ2) is 10.1. The predicted molar refractivity (Wildman–Crippen MR) is 99.5 cm³/mol. The van der Waals surface area contributed by atoms with Gasteiger partial charge in [0.05, 0.1) is 12.8 Å². The van der Waals surface area contributed by atoms with E-state index in [2.05, 4.69) is 10.2 Å². The average molecular weight is 385 g/mol. The molecule has 0 bridgehead atoms. The van der Waals surface area contributed by atoms with Crippen molar-refractivity contribution in [2.24, 2.45) is 11.7 Å². The minimum atomic E-state index is -0.153. The second-order valence-corrected chi connectivity index (χ2v) is 5.83. The van der Waals surface area contributed by atoms with Gasteiger partial charge in [-0.3, -0.25) is 4.79 Å². The van der Waals surface area contributed by atoms with E-state index in [1.165, 1.54) is 0 Å². The molecule has 1 saturated heterocycles. The van der Waals surface area contributed by atoms with Gasteiger partial charge in [-0.1, -0.05) is 18.5 Å². The molecule has 5 nitrogen and oxygen atoms in total. The van der Waals surface area contributed by atoms with Crippen LogP contribution in [0.4, 0.5) is 5.69 Å². The highest BCUT2D eigenvalue weighted by Gasteiger charge is 2.27. The molecular formula is C15H24Cl3N3O2. The maximum absolute atomic E-state index is 11.9. The van der Waals surface area contributed by atoms with Crippen LogP contribution in [0, 0.1) is 5.92 Å². The fraction of sp³-hybridized carbons (Fsp3) is 0.533. The van der Waals surface area contributed by atoms with Gasteiger partial charge >= 0.3 is 0 Å². The van der Waals surface area contributed by atoms with Gasteiger partial charge in [-0.25, -0.2) is 0 Å². The summed E-state index contributed by atoms with van der Waals surface area (Å²) < 4.78 is 5.38. The summed E-state index contributed by atoms with van der Waals surface area (Å²) in [6.45, 7) is 3.81. The van der Waals surface area contributed by atoms with Crippen LogP contribution < -0.4 is 20.7 Å². The molecule has 132 valence electrons. The van der Waals surface area contributed by atoms with Crippen LogP contribution in [-0.2, 0) is 4.79 Å². The number of anilines is 1. The molecule has 3 N–H and O–H groups in total. The zero-order valence-electron chi connectivity index (χ0n) is 13.3. The average Bonchev–Trinajstić information content (AvgIpc) is 2.94. The first-order chi connectivity index (χ1) is 10.0. The molecular weight excluding hydrogens is 361 g/mol. The van der Waals surface area contributed by atoms with Crippen molar-refractivity contribution in [3.05, 3.63) is 23.2 Å². The molecule has 23 heavy (non-hydrogen) atoms. The number of rotatable bonds is 5. The number of carbonyl (C=O) groups excluding carboxylic acids is 1. The minimum Gasteiger partial charge on any atom is -0.495 e. The fourth-order valence-electron chi connectivity index (χ4n) is 2.46. The van der Waals surface area contributed by atoms with Crippen LogP contribution in [0.3, 0.4) is 0 Å². The van der Waals surface area contributed by atoms with Gasteiger partial charge in [0, 0.05) is 36.6 Å². The molecule has 2 rings (SSSR count). The first-order valence-corrected chi connectivity index (χ1v) is 7.52. The van der Waals surface area contributed by atoms with Crippen molar-refractivity contribution in [1.29, 1.82) is 0 Å². The Morgan fingerprint density at radius 1 is 1.52 bits per heavy atom. The Hall–Kier alpha value is -0.880. The molecule has 1 heterocycles. The predicted octanol–water partition coefficient (Wildman–Crippen LogP) is 2.48. The molecule has 2 unspecified atom stereocenters. The molecule has 1 aliphatic rings. The monoisotopic (exact) mass is 383 g/mol. The number of hydrogen-bond acceptors (Lipinski definition) is 4. The van der Waals surface area contributed by atoms with Crippen LogP contribution in [-0.4, -0.2) is 38.7 Å². The maximum Gasteiger partial charge on any atom is 0.224 e. The summed E-state index contributed by atoms with van der Waals surface area (Å²) in [5, 5.41) is 3.72. The van der Waals surface area contributed by atoms with E-state index >= 15 is 0 Å². The quantitative estimate of drug-likeness (QED) is 0.818. The second-order valence-electron chi connectivity index (χ2n) is 5.39. The molecule has 0 radical (unpaired) electrons. The minimum absolute atomic E-state index is 0. The van der Waals surface area contributed by atoms with Crippen molar-refractivity contribution >= 4 is 48.0 Å². The molecule has 0 spiro atoms. The molecule has 0 saturated carbocycles. The molecule has 1 aromatic carbocycles. The van der Waals surface area contributed by atoms with Crippen LogP contribution in [0.2, 0.25) is 5.02 Å². The van der Waals surface area contributed by atoms with E-state index in [0.29, 0.717) is 11.6 Å². The largest absolute Gasteiger partial charge is 0.495 e. The Balaban J connectivity index is 0.00000242. The summed E-state index contributed by atoms with van der Waals surface area (Å²) in [5.74, 6) is 0.656. The fourth-order valence-corrected chi connectivity index (χ4v) is 2.62. The van der Waals surface area contributed by atoms with Crippen LogP contribution in [0.1, 0.15) is 13.3 Å². The Labute approximate surface area is 154 Å². The zero-order valence-corrected chi connectivity index (χ0v) is 15.6. The Bertz CT molecular complexity index is 517. The Morgan fingerprint density at radius 2 is 2.22 bits per heavy atom. The van der Waals surface area contributed by atoms with Crippen LogP contribution >= 0.6 is 36.4 Å².